The molecule has 0 saturated carbocycles. The molecular weight excluding hydrogens is 630 g/mol. The summed E-state index contributed by atoms with van der Waals surface area (Å²) in [5, 5.41) is 0. The van der Waals surface area contributed by atoms with Crippen LogP contribution in [0.1, 0.15) is 5.56 Å². The van der Waals surface area contributed by atoms with E-state index in [-0.39, 0.29) is 12.5 Å². The van der Waals surface area contributed by atoms with Crippen LogP contribution in [0.5, 0.6) is 5.75 Å². The molecule has 0 spiro atoms. The van der Waals surface area contributed by atoms with Crippen LogP contribution in [0.15, 0.2) is 41.3 Å². The highest BCUT2D eigenvalue weighted by atomic mass is 127. The molecule has 1 fully saturated rings. The van der Waals surface area contributed by atoms with Crippen LogP contribution < -0.4 is 14.5 Å². The summed E-state index contributed by atoms with van der Waals surface area (Å²) in [6.45, 7) is 0.219. The fourth-order valence-corrected chi connectivity index (χ4v) is 6.08. The van der Waals surface area contributed by atoms with Crippen LogP contribution in [-0.2, 0) is 4.79 Å². The molecule has 0 N–H and O–H groups in total. The molecule has 2 aromatic rings. The number of ether oxygens (including phenoxy) is 1. The lowest BCUT2D eigenvalue weighted by atomic mass is 10.2. The number of terminal acetylenes is 1. The van der Waals surface area contributed by atoms with Crippen molar-refractivity contribution in [3.05, 3.63) is 54.0 Å². The summed E-state index contributed by atoms with van der Waals surface area (Å²) in [5.74, 6) is 3.12. The minimum atomic E-state index is -0.115. The first-order valence-electron chi connectivity index (χ1n) is 8.42. The quantitative estimate of drug-likeness (QED) is 0.189. The van der Waals surface area contributed by atoms with Crippen LogP contribution in [0.4, 0.5) is 11.4 Å². The number of carbonyl (C=O) groups excluding carboxylic acids is 1. The number of hydrogen-bond acceptors (Lipinski definition) is 5. The maximum absolute atomic E-state index is 13.0. The van der Waals surface area contributed by atoms with E-state index in [4.69, 9.17) is 23.4 Å². The van der Waals surface area contributed by atoms with Gasteiger partial charge in [0.2, 0.25) is 0 Å². The van der Waals surface area contributed by atoms with E-state index in [9.17, 15) is 4.79 Å². The lowest BCUT2D eigenvalue weighted by molar-refractivity contribution is -0.113. The highest BCUT2D eigenvalue weighted by Crippen LogP contribution is 2.37. The average Bonchev–Trinajstić information content (AvgIpc) is 2.94. The molecule has 29 heavy (non-hydrogen) atoms. The van der Waals surface area contributed by atoms with Gasteiger partial charge in [0, 0.05) is 19.8 Å². The third-order valence-corrected chi connectivity index (χ3v) is 6.94. The molecule has 0 aromatic heterocycles. The maximum atomic E-state index is 13.0. The van der Waals surface area contributed by atoms with Gasteiger partial charge in [-0.2, -0.15) is 0 Å². The van der Waals surface area contributed by atoms with E-state index in [2.05, 4.69) is 51.1 Å². The molecule has 1 saturated heterocycles. The monoisotopic (exact) mass is 646 g/mol. The average molecular weight is 646 g/mol. The molecule has 2 aromatic carbocycles. The van der Waals surface area contributed by atoms with Crippen LogP contribution in [0.25, 0.3) is 6.08 Å². The van der Waals surface area contributed by atoms with Gasteiger partial charge in [0.1, 0.15) is 12.4 Å². The van der Waals surface area contributed by atoms with Crippen LogP contribution in [0.3, 0.4) is 0 Å². The highest BCUT2D eigenvalue weighted by molar-refractivity contribution is 14.1. The Bertz CT molecular complexity index is 1020. The minimum absolute atomic E-state index is 0.115. The Labute approximate surface area is 207 Å². The van der Waals surface area contributed by atoms with E-state index < -0.39 is 0 Å². The molecule has 148 valence electrons. The van der Waals surface area contributed by atoms with Gasteiger partial charge in [-0.25, -0.2) is 0 Å². The van der Waals surface area contributed by atoms with E-state index >= 15 is 0 Å². The van der Waals surface area contributed by atoms with Gasteiger partial charge >= 0.3 is 0 Å². The molecular formula is C21H16I2N2O2S2. The Morgan fingerprint density at radius 3 is 2.41 bits per heavy atom. The van der Waals surface area contributed by atoms with Gasteiger partial charge in [-0.1, -0.05) is 29.9 Å². The third kappa shape index (κ3) is 5.07. The zero-order valence-corrected chi connectivity index (χ0v) is 21.6. The van der Waals surface area contributed by atoms with Crippen molar-refractivity contribution < 1.29 is 9.53 Å². The molecule has 1 heterocycles. The largest absolute Gasteiger partial charge is 0.479 e. The Morgan fingerprint density at radius 1 is 1.24 bits per heavy atom. The fourth-order valence-electron chi connectivity index (χ4n) is 2.66. The number of anilines is 2. The van der Waals surface area contributed by atoms with Gasteiger partial charge in [0.15, 0.2) is 4.32 Å². The summed E-state index contributed by atoms with van der Waals surface area (Å²) >= 11 is 11.2. The zero-order chi connectivity index (χ0) is 21.1. The number of thiocarbonyl (C=S) groups is 1. The van der Waals surface area contributed by atoms with Gasteiger partial charge < -0.3 is 9.64 Å². The second-order valence-corrected chi connectivity index (χ2v) is 10.2. The lowest BCUT2D eigenvalue weighted by Crippen LogP contribution is -2.27. The standard InChI is InChI=1S/C21H16I2N2O2S2/c1-4-9-27-19-16(22)10-13(11-17(19)23)12-18-20(26)25(21(28)29-18)15-7-5-14(6-8-15)24(2)3/h1,5-8,10-12H,9H2,2-3H3/b18-12+. The Hall–Kier alpha value is -1.29. The first-order chi connectivity index (χ1) is 13.8. The van der Waals surface area contributed by atoms with Gasteiger partial charge in [0.05, 0.1) is 17.7 Å². The number of halogens is 2. The molecule has 1 amide bonds. The van der Waals surface area contributed by atoms with Crippen LogP contribution >= 0.6 is 69.2 Å². The third-order valence-electron chi connectivity index (χ3n) is 4.04. The number of carbonyl (C=O) groups is 1. The van der Waals surface area contributed by atoms with E-state index in [1.54, 1.807) is 4.90 Å². The number of rotatable bonds is 5. The van der Waals surface area contributed by atoms with Crippen molar-refractivity contribution in [2.24, 2.45) is 0 Å². The Balaban J connectivity index is 1.87. The fraction of sp³-hybridized carbons (Fsp3) is 0.143. The van der Waals surface area contributed by atoms with Crippen molar-refractivity contribution in [2.75, 3.05) is 30.5 Å². The van der Waals surface area contributed by atoms with Crippen LogP contribution in [0, 0.1) is 19.5 Å². The molecule has 0 bridgehead atoms. The Morgan fingerprint density at radius 2 is 1.86 bits per heavy atom. The maximum Gasteiger partial charge on any atom is 0.270 e. The second kappa shape index (κ2) is 9.68. The van der Waals surface area contributed by atoms with Crippen LogP contribution in [0.2, 0.25) is 0 Å². The van der Waals surface area contributed by atoms with Crippen molar-refractivity contribution in [1.82, 2.24) is 0 Å². The van der Waals surface area contributed by atoms with Crippen molar-refractivity contribution in [2.45, 2.75) is 0 Å². The van der Waals surface area contributed by atoms with Gasteiger partial charge in [-0.05, 0) is 93.2 Å². The van der Waals surface area contributed by atoms with Gasteiger partial charge in [-0.3, -0.25) is 9.69 Å². The predicted octanol–water partition coefficient (Wildman–Crippen LogP) is 5.38. The summed E-state index contributed by atoms with van der Waals surface area (Å²) in [6, 6.07) is 11.7. The topological polar surface area (TPSA) is 32.8 Å². The van der Waals surface area contributed by atoms with E-state index in [0.717, 1.165) is 29.8 Å². The van der Waals surface area contributed by atoms with Crippen molar-refractivity contribution >= 4 is 96.8 Å². The summed E-state index contributed by atoms with van der Waals surface area (Å²) < 4.78 is 8.00. The van der Waals surface area contributed by atoms with E-state index in [1.165, 1.54) is 11.8 Å². The second-order valence-electron chi connectivity index (χ2n) is 6.23. The number of amides is 1. The van der Waals surface area contributed by atoms with Crippen molar-refractivity contribution in [1.29, 1.82) is 0 Å². The van der Waals surface area contributed by atoms with Crippen molar-refractivity contribution in [3.8, 4) is 18.1 Å². The number of nitrogens with zero attached hydrogens (tertiary/aromatic N) is 2. The predicted molar refractivity (Wildman–Crippen MR) is 143 cm³/mol. The zero-order valence-electron chi connectivity index (χ0n) is 15.6. The normalized spacial score (nSPS) is 15.0. The minimum Gasteiger partial charge on any atom is -0.479 e. The smallest absolute Gasteiger partial charge is 0.270 e. The SMILES string of the molecule is C#CCOc1c(I)cc(/C=C2/SC(=S)N(c3ccc(N(C)C)cc3)C2=O)cc1I. The molecule has 3 rings (SSSR count). The number of hydrogen-bond donors (Lipinski definition) is 0. The molecule has 0 unspecified atom stereocenters. The summed E-state index contributed by atoms with van der Waals surface area (Å²) in [5.41, 5.74) is 2.74. The molecule has 1 aliphatic heterocycles. The van der Waals surface area contributed by atoms with E-state index in [1.807, 2.05) is 61.5 Å². The first-order valence-corrected chi connectivity index (χ1v) is 11.8. The van der Waals surface area contributed by atoms with Gasteiger partial charge in [-0.15, -0.1) is 6.42 Å². The lowest BCUT2D eigenvalue weighted by Gasteiger charge is -2.17. The molecule has 0 atom stereocenters. The Kier molecular flexibility index (Phi) is 7.47. The summed E-state index contributed by atoms with van der Waals surface area (Å²) in [7, 11) is 3.95. The van der Waals surface area contributed by atoms with Crippen molar-refractivity contribution in [3.63, 3.8) is 0 Å². The number of thioether (sulfide) groups is 1. The molecule has 8 heteroatoms. The first kappa shape index (κ1) is 22.4. The number of benzene rings is 2. The van der Waals surface area contributed by atoms with E-state index in [0.29, 0.717) is 9.23 Å². The summed E-state index contributed by atoms with van der Waals surface area (Å²) in [4.78, 5) is 17.2. The summed E-state index contributed by atoms with van der Waals surface area (Å²) in [6.07, 6.45) is 7.14. The highest BCUT2D eigenvalue weighted by Gasteiger charge is 2.33. The molecule has 4 nitrogen and oxygen atoms in total. The van der Waals surface area contributed by atoms with Gasteiger partial charge in [0.25, 0.3) is 5.91 Å². The molecule has 1 aliphatic rings. The molecule has 0 aliphatic carbocycles. The van der Waals surface area contributed by atoms with Crippen LogP contribution in [-0.4, -0.2) is 30.9 Å². The molecule has 0 radical (unpaired) electrons.